The van der Waals surface area contributed by atoms with Crippen LogP contribution in [0.5, 0.6) is 0 Å². The lowest BCUT2D eigenvalue weighted by Gasteiger charge is -2.42. The summed E-state index contributed by atoms with van der Waals surface area (Å²) in [7, 11) is 0. The second-order valence-corrected chi connectivity index (χ2v) is 19.8. The number of carbonyl (C=O) groups is 5. The Labute approximate surface area is 410 Å². The number of benzene rings is 4. The molecular weight excluding hydrogens is 903 g/mol. The van der Waals surface area contributed by atoms with Crippen molar-refractivity contribution in [2.45, 2.75) is 94.5 Å². The average Bonchev–Trinajstić information content (AvgIpc) is 4.16. The summed E-state index contributed by atoms with van der Waals surface area (Å²) >= 11 is 0. The van der Waals surface area contributed by atoms with Crippen molar-refractivity contribution in [3.63, 3.8) is 0 Å². The highest BCUT2D eigenvalue weighted by molar-refractivity contribution is 6.08. The van der Waals surface area contributed by atoms with Crippen molar-refractivity contribution in [3.8, 4) is 22.4 Å². The predicted molar refractivity (Wildman–Crippen MR) is 262 cm³/mol. The Morgan fingerprint density at radius 2 is 1.55 bits per heavy atom. The van der Waals surface area contributed by atoms with Crippen LogP contribution in [0.3, 0.4) is 0 Å². The van der Waals surface area contributed by atoms with E-state index in [9.17, 15) is 32.8 Å². The molecule has 6 aliphatic rings. The Kier molecular flexibility index (Phi) is 11.8. The first-order valence-electron chi connectivity index (χ1n) is 24.3. The van der Waals surface area contributed by atoms with Gasteiger partial charge in [0.1, 0.15) is 18.5 Å². The first-order valence-corrected chi connectivity index (χ1v) is 24.3. The van der Waals surface area contributed by atoms with Gasteiger partial charge in [-0.25, -0.2) is 13.8 Å². The molecule has 0 spiro atoms. The first-order chi connectivity index (χ1) is 34.3. The third-order valence-electron chi connectivity index (χ3n) is 15.1. The quantitative estimate of drug-likeness (QED) is 0.116. The van der Waals surface area contributed by atoms with Crippen LogP contribution in [0.2, 0.25) is 0 Å². The summed E-state index contributed by atoms with van der Waals surface area (Å²) in [5, 5.41) is 2.61. The molecule has 3 amide bonds. The summed E-state index contributed by atoms with van der Waals surface area (Å²) in [5.41, 5.74) is 10.6. The van der Waals surface area contributed by atoms with Crippen molar-refractivity contribution in [1.82, 2.24) is 25.0 Å². The molecule has 1 saturated carbocycles. The Morgan fingerprint density at radius 3 is 2.25 bits per heavy atom. The molecule has 14 heteroatoms. The Bertz CT molecular complexity index is 3030. The number of alkyl halides is 2. The number of ketones is 1. The number of carbonyl (C=O) groups excluding carboxylic acids is 5. The summed E-state index contributed by atoms with van der Waals surface area (Å²) in [5.74, 6) is -5.56. The van der Waals surface area contributed by atoms with Crippen LogP contribution in [0.4, 0.5) is 8.78 Å². The Morgan fingerprint density at radius 1 is 0.845 bits per heavy atom. The number of nitrogens with zero attached hydrogens (tertiary/aromatic N) is 5. The molecule has 3 fully saturated rings. The zero-order valence-corrected chi connectivity index (χ0v) is 39.1. The highest BCUT2D eigenvalue weighted by Crippen LogP contribution is 2.47. The summed E-state index contributed by atoms with van der Waals surface area (Å²) in [6.45, 7) is 4.66. The number of pyridine rings is 1. The number of amidine groups is 1. The van der Waals surface area contributed by atoms with Crippen LogP contribution < -0.4 is 5.32 Å². The molecule has 3 atom stereocenters. The fraction of sp³-hybridized carbons (Fsp3) is 0.316. The van der Waals surface area contributed by atoms with Crippen LogP contribution in [-0.4, -0.2) is 86.1 Å². The van der Waals surface area contributed by atoms with Crippen molar-refractivity contribution in [3.05, 3.63) is 167 Å². The molecule has 12 nitrogen and oxygen atoms in total. The highest BCUT2D eigenvalue weighted by atomic mass is 19.3. The third-order valence-corrected chi connectivity index (χ3v) is 15.1. The predicted octanol–water partition coefficient (Wildman–Crippen LogP) is 8.32. The van der Waals surface area contributed by atoms with Crippen molar-refractivity contribution >= 4 is 41.4 Å². The van der Waals surface area contributed by atoms with Crippen molar-refractivity contribution in [2.75, 3.05) is 13.1 Å². The second kappa shape index (κ2) is 18.3. The number of nitrogens with one attached hydrogen (secondary N) is 1. The standard InChI is InChI=1S/C57H52F2N6O6/c1-35-30-60-53-45-27-44(38-8-3-2-4-9-38)52(61-46(45)20-23-64(35)53)39-16-18-43(19-17-39)56(21-7-22-56)29-51(68)71-33-37-14-12-36(13-15-37)24-49(66)48-28-57(58,59)34-65(48)55(70)47-25-42(54(69)62-47)26-50(67)63-31-40-10-5-6-11-41(40)32-63/h2-6,8-20,23,27,42,47-48H,1,7,21-22,24-26,28-34H2,(H,62,69)/t42-,47-,48-/m0/s1. The molecule has 2 saturated heterocycles. The zero-order chi connectivity index (χ0) is 49.0. The van der Waals surface area contributed by atoms with E-state index in [2.05, 4.69) is 54.4 Å². The summed E-state index contributed by atoms with van der Waals surface area (Å²) in [6, 6.07) is 32.8. The van der Waals surface area contributed by atoms with Crippen LogP contribution in [0.1, 0.15) is 84.0 Å². The van der Waals surface area contributed by atoms with Gasteiger partial charge in [0.25, 0.3) is 5.92 Å². The van der Waals surface area contributed by atoms with E-state index < -0.39 is 54.5 Å². The fourth-order valence-corrected chi connectivity index (χ4v) is 11.1. The van der Waals surface area contributed by atoms with Crippen LogP contribution in [0, 0.1) is 5.92 Å². The number of hydrogen-bond acceptors (Lipinski definition) is 9. The molecule has 6 heterocycles. The van der Waals surface area contributed by atoms with E-state index in [0.717, 1.165) is 86.0 Å². The van der Waals surface area contributed by atoms with Gasteiger partial charge in [-0.2, -0.15) is 0 Å². The molecule has 360 valence electrons. The summed E-state index contributed by atoms with van der Waals surface area (Å²) in [6.07, 6.45) is 5.75. The number of Topliss-reactive ketones (excluding diaryl/α,β-unsaturated/α-hetero) is 1. The molecule has 1 aliphatic carbocycles. The van der Waals surface area contributed by atoms with Gasteiger partial charge in [0.05, 0.1) is 36.9 Å². The third kappa shape index (κ3) is 8.96. The molecule has 1 aromatic heterocycles. The SMILES string of the molecule is C=C1CN=C2c3cc(-c4ccccc4)c(-c4ccc(C5(CC(=O)OCc6ccc(CC(=O)[C@@H]7CC(F)(F)CN7C(=O)[C@@H]7C[C@@H](CC(=O)N8Cc9ccccc9C8)C(=O)N7)cc6)CCC5)cc4)nc3C=CN12. The van der Waals surface area contributed by atoms with Crippen LogP contribution in [0.15, 0.2) is 133 Å². The number of amides is 3. The van der Waals surface area contributed by atoms with Crippen LogP contribution in [0.25, 0.3) is 28.5 Å². The van der Waals surface area contributed by atoms with Gasteiger partial charge in [-0.1, -0.05) is 116 Å². The topological polar surface area (TPSA) is 142 Å². The molecule has 0 radical (unpaired) electrons. The number of aromatic nitrogens is 1. The minimum atomic E-state index is -3.29. The van der Waals surface area contributed by atoms with Gasteiger partial charge in [-0.3, -0.25) is 29.0 Å². The average molecular weight is 955 g/mol. The van der Waals surface area contributed by atoms with Gasteiger partial charge in [0.2, 0.25) is 17.7 Å². The molecular formula is C57H52F2N6O6. The number of aliphatic imine (C=N–C) groups is 1. The van der Waals surface area contributed by atoms with Crippen LogP contribution in [-0.2, 0) is 60.2 Å². The minimum absolute atomic E-state index is 0.0174. The molecule has 5 aliphatic heterocycles. The minimum Gasteiger partial charge on any atom is -0.461 e. The number of halogens is 2. The maximum absolute atomic E-state index is 14.9. The zero-order valence-electron chi connectivity index (χ0n) is 39.1. The number of ether oxygens (including phenoxy) is 1. The Hall–Kier alpha value is -7.61. The lowest BCUT2D eigenvalue weighted by Crippen LogP contribution is -2.49. The normalized spacial score (nSPS) is 21.2. The van der Waals surface area contributed by atoms with Crippen LogP contribution >= 0.6 is 0 Å². The van der Waals surface area contributed by atoms with E-state index in [1.807, 2.05) is 59.6 Å². The summed E-state index contributed by atoms with van der Waals surface area (Å²) in [4.78, 5) is 81.4. The molecule has 0 bridgehead atoms. The van der Waals surface area contributed by atoms with Gasteiger partial charge >= 0.3 is 5.97 Å². The van der Waals surface area contributed by atoms with Crippen molar-refractivity contribution in [2.24, 2.45) is 10.9 Å². The lowest BCUT2D eigenvalue weighted by atomic mass is 9.62. The second-order valence-electron chi connectivity index (χ2n) is 19.8. The number of likely N-dealkylation sites (tertiary alicyclic amines) is 1. The molecule has 5 aromatic rings. The van der Waals surface area contributed by atoms with E-state index in [-0.39, 0.29) is 49.6 Å². The van der Waals surface area contributed by atoms with E-state index in [1.54, 1.807) is 29.2 Å². The van der Waals surface area contributed by atoms with Gasteiger partial charge in [-0.05, 0) is 64.8 Å². The molecule has 11 rings (SSSR count). The van der Waals surface area contributed by atoms with Crippen molar-refractivity contribution in [1.29, 1.82) is 0 Å². The van der Waals surface area contributed by atoms with E-state index in [4.69, 9.17) is 14.7 Å². The molecule has 71 heavy (non-hydrogen) atoms. The van der Waals surface area contributed by atoms with Crippen molar-refractivity contribution < 1.29 is 37.5 Å². The maximum Gasteiger partial charge on any atom is 0.307 e. The summed E-state index contributed by atoms with van der Waals surface area (Å²) < 4.78 is 35.7. The number of rotatable bonds is 13. The molecule has 4 aromatic carbocycles. The Balaban J connectivity index is 0.695. The molecule has 1 N–H and O–H groups in total. The van der Waals surface area contributed by atoms with Gasteiger partial charge in [0.15, 0.2) is 5.78 Å². The smallest absolute Gasteiger partial charge is 0.307 e. The fourth-order valence-electron chi connectivity index (χ4n) is 11.1. The van der Waals surface area contributed by atoms with Gasteiger partial charge < -0.3 is 24.8 Å². The lowest BCUT2D eigenvalue weighted by molar-refractivity contribution is -0.147. The number of fused-ring (bicyclic) bond motifs is 4. The van der Waals surface area contributed by atoms with Gasteiger partial charge in [-0.15, -0.1) is 0 Å². The number of hydrogen-bond donors (Lipinski definition) is 1. The van der Waals surface area contributed by atoms with E-state index >= 15 is 0 Å². The highest BCUT2D eigenvalue weighted by Gasteiger charge is 2.52. The van der Waals surface area contributed by atoms with E-state index in [0.29, 0.717) is 30.8 Å². The maximum atomic E-state index is 14.9. The van der Waals surface area contributed by atoms with E-state index in [1.165, 1.54) is 0 Å². The van der Waals surface area contributed by atoms with Gasteiger partial charge in [0, 0.05) is 72.3 Å². The number of esters is 1. The monoisotopic (exact) mass is 954 g/mol. The molecule has 0 unspecified atom stereocenters. The first kappa shape index (κ1) is 45.8. The largest absolute Gasteiger partial charge is 0.461 e.